The molecule has 0 radical (unpaired) electrons. The maximum absolute atomic E-state index is 12.3. The molecule has 0 atom stereocenters. The zero-order valence-corrected chi connectivity index (χ0v) is 6.50. The molecule has 1 aromatic carbocycles. The van der Waals surface area contributed by atoms with Crippen molar-refractivity contribution in [3.63, 3.8) is 0 Å². The third kappa shape index (κ3) is 1.88. The average Bonchev–Trinajstić information content (AvgIpc) is 2.16. The molecule has 0 aliphatic carbocycles. The molecule has 2 nitrogen and oxygen atoms in total. The first-order valence-corrected chi connectivity index (χ1v) is 3.46. The average molecular weight is 181 g/mol. The van der Waals surface area contributed by atoms with Crippen LogP contribution >= 0.6 is 0 Å². The molecule has 4 heteroatoms. The van der Waals surface area contributed by atoms with Crippen molar-refractivity contribution in [3.05, 3.63) is 34.9 Å². The van der Waals surface area contributed by atoms with Crippen LogP contribution in [0.1, 0.15) is 27.9 Å². The van der Waals surface area contributed by atoms with E-state index in [1.54, 1.807) is 6.07 Å². The number of nitriles is 1. The summed E-state index contributed by atoms with van der Waals surface area (Å²) >= 11 is 0. The fourth-order valence-electron chi connectivity index (χ4n) is 0.941. The van der Waals surface area contributed by atoms with Crippen molar-refractivity contribution in [1.29, 1.82) is 5.26 Å². The molecule has 1 rings (SSSR count). The van der Waals surface area contributed by atoms with Gasteiger partial charge in [-0.15, -0.1) is 0 Å². The highest BCUT2D eigenvalue weighted by molar-refractivity contribution is 5.77. The van der Waals surface area contributed by atoms with E-state index >= 15 is 0 Å². The van der Waals surface area contributed by atoms with Gasteiger partial charge in [-0.3, -0.25) is 4.79 Å². The lowest BCUT2D eigenvalue weighted by Crippen LogP contribution is -1.93. The number of aldehydes is 1. The first-order chi connectivity index (χ1) is 6.19. The predicted molar refractivity (Wildman–Crippen MR) is 41.5 cm³/mol. The van der Waals surface area contributed by atoms with E-state index in [9.17, 15) is 13.6 Å². The highest BCUT2D eigenvalue weighted by Crippen LogP contribution is 2.22. The van der Waals surface area contributed by atoms with Gasteiger partial charge in [0.2, 0.25) is 0 Å². The molecule has 0 aliphatic heterocycles. The van der Waals surface area contributed by atoms with Crippen molar-refractivity contribution in [2.24, 2.45) is 0 Å². The number of halogens is 2. The first kappa shape index (κ1) is 9.33. The number of hydrogen-bond acceptors (Lipinski definition) is 2. The van der Waals surface area contributed by atoms with Gasteiger partial charge in [-0.25, -0.2) is 8.78 Å². The lowest BCUT2D eigenvalue weighted by atomic mass is 10.1. The molecule has 0 unspecified atom stereocenters. The zero-order chi connectivity index (χ0) is 9.84. The molecule has 0 aliphatic rings. The van der Waals surface area contributed by atoms with E-state index in [0.29, 0.717) is 6.29 Å². The summed E-state index contributed by atoms with van der Waals surface area (Å²) < 4.78 is 24.5. The summed E-state index contributed by atoms with van der Waals surface area (Å²) in [5, 5.41) is 8.42. The molecule has 0 fully saturated rings. The van der Waals surface area contributed by atoms with Crippen molar-refractivity contribution in [2.45, 2.75) is 6.43 Å². The Morgan fingerprint density at radius 3 is 2.62 bits per heavy atom. The van der Waals surface area contributed by atoms with Gasteiger partial charge in [0.05, 0.1) is 11.6 Å². The second-order valence-electron chi connectivity index (χ2n) is 2.37. The fourth-order valence-corrected chi connectivity index (χ4v) is 0.941. The minimum Gasteiger partial charge on any atom is -0.298 e. The molecule has 0 N–H and O–H groups in total. The lowest BCUT2D eigenvalue weighted by Gasteiger charge is -2.02. The molecule has 0 spiro atoms. The molecular weight excluding hydrogens is 176 g/mol. The summed E-state index contributed by atoms with van der Waals surface area (Å²) in [6, 6.07) is 5.29. The highest BCUT2D eigenvalue weighted by Gasteiger charge is 2.12. The summed E-state index contributed by atoms with van der Waals surface area (Å²) in [6.45, 7) is 0. The van der Waals surface area contributed by atoms with Crippen LogP contribution < -0.4 is 0 Å². The first-order valence-electron chi connectivity index (χ1n) is 3.46. The molecule has 0 amide bonds. The minimum atomic E-state index is -2.73. The summed E-state index contributed by atoms with van der Waals surface area (Å²) in [6.07, 6.45) is -2.38. The maximum atomic E-state index is 12.3. The lowest BCUT2D eigenvalue weighted by molar-refractivity contribution is 0.110. The van der Waals surface area contributed by atoms with Crippen molar-refractivity contribution in [2.75, 3.05) is 0 Å². The van der Waals surface area contributed by atoms with E-state index in [4.69, 9.17) is 5.26 Å². The van der Waals surface area contributed by atoms with Crippen LogP contribution in [0, 0.1) is 11.3 Å². The van der Waals surface area contributed by atoms with Crippen molar-refractivity contribution in [1.82, 2.24) is 0 Å². The van der Waals surface area contributed by atoms with Gasteiger partial charge in [0.15, 0.2) is 6.29 Å². The molecular formula is C9H5F2NO. The van der Waals surface area contributed by atoms with Gasteiger partial charge in [0.1, 0.15) is 0 Å². The zero-order valence-electron chi connectivity index (χ0n) is 6.50. The number of alkyl halides is 2. The number of rotatable bonds is 2. The predicted octanol–water partition coefficient (Wildman–Crippen LogP) is 2.31. The van der Waals surface area contributed by atoms with Crippen molar-refractivity contribution < 1.29 is 13.6 Å². The molecule has 0 saturated heterocycles. The fraction of sp³-hybridized carbons (Fsp3) is 0.111. The largest absolute Gasteiger partial charge is 0.298 e. The van der Waals surface area contributed by atoms with Gasteiger partial charge in [0, 0.05) is 11.1 Å². The van der Waals surface area contributed by atoms with Crippen molar-refractivity contribution in [3.8, 4) is 6.07 Å². The van der Waals surface area contributed by atoms with E-state index < -0.39 is 12.0 Å². The van der Waals surface area contributed by atoms with Gasteiger partial charge in [-0.05, 0) is 18.2 Å². The maximum Gasteiger partial charge on any atom is 0.264 e. The van der Waals surface area contributed by atoms with Crippen LogP contribution in [0.4, 0.5) is 8.78 Å². The van der Waals surface area contributed by atoms with Crippen LogP contribution in [0.25, 0.3) is 0 Å². The summed E-state index contributed by atoms with van der Waals surface area (Å²) in [7, 11) is 0. The Morgan fingerprint density at radius 1 is 1.46 bits per heavy atom. The van der Waals surface area contributed by atoms with Crippen LogP contribution in [0.15, 0.2) is 18.2 Å². The van der Waals surface area contributed by atoms with Crippen LogP contribution in [0.3, 0.4) is 0 Å². The molecule has 1 aromatic rings. The Kier molecular flexibility index (Phi) is 2.70. The molecule has 0 heterocycles. The quantitative estimate of drug-likeness (QED) is 0.657. The number of nitrogens with zero attached hydrogens (tertiary/aromatic N) is 1. The molecule has 0 saturated carbocycles. The van der Waals surface area contributed by atoms with Crippen LogP contribution in [0.5, 0.6) is 0 Å². The highest BCUT2D eigenvalue weighted by atomic mass is 19.3. The molecule has 66 valence electrons. The Hall–Kier alpha value is -1.76. The Balaban J connectivity index is 3.27. The van der Waals surface area contributed by atoms with Crippen LogP contribution in [0.2, 0.25) is 0 Å². The normalized spacial score (nSPS) is 9.69. The minimum absolute atomic E-state index is 0.0750. The summed E-state index contributed by atoms with van der Waals surface area (Å²) in [4.78, 5) is 10.3. The van der Waals surface area contributed by atoms with E-state index in [2.05, 4.69) is 0 Å². The summed E-state index contributed by atoms with van der Waals surface area (Å²) in [5.41, 5.74) is -0.344. The Labute approximate surface area is 73.4 Å². The van der Waals surface area contributed by atoms with E-state index in [0.717, 1.165) is 6.07 Å². The molecule has 0 aromatic heterocycles. The van der Waals surface area contributed by atoms with Gasteiger partial charge >= 0.3 is 0 Å². The number of benzene rings is 1. The third-order valence-electron chi connectivity index (χ3n) is 1.58. The van der Waals surface area contributed by atoms with Crippen LogP contribution in [-0.4, -0.2) is 6.29 Å². The Morgan fingerprint density at radius 2 is 2.15 bits per heavy atom. The third-order valence-corrected chi connectivity index (χ3v) is 1.58. The van der Waals surface area contributed by atoms with Crippen LogP contribution in [-0.2, 0) is 0 Å². The van der Waals surface area contributed by atoms with E-state index in [-0.39, 0.29) is 11.1 Å². The SMILES string of the molecule is N#Cc1ccc(C=O)c(C(F)F)c1. The second kappa shape index (κ2) is 3.76. The topological polar surface area (TPSA) is 40.9 Å². The second-order valence-corrected chi connectivity index (χ2v) is 2.37. The Bertz CT molecular complexity index is 368. The van der Waals surface area contributed by atoms with Gasteiger partial charge < -0.3 is 0 Å². The number of carbonyl (C=O) groups is 1. The monoisotopic (exact) mass is 181 g/mol. The van der Waals surface area contributed by atoms with E-state index in [1.165, 1.54) is 12.1 Å². The summed E-state index contributed by atoms with van der Waals surface area (Å²) in [5.74, 6) is 0. The van der Waals surface area contributed by atoms with E-state index in [1.807, 2.05) is 0 Å². The smallest absolute Gasteiger partial charge is 0.264 e. The van der Waals surface area contributed by atoms with Gasteiger partial charge in [-0.2, -0.15) is 5.26 Å². The number of hydrogen-bond donors (Lipinski definition) is 0. The molecule has 0 bridgehead atoms. The van der Waals surface area contributed by atoms with Gasteiger partial charge in [-0.1, -0.05) is 0 Å². The van der Waals surface area contributed by atoms with Crippen molar-refractivity contribution >= 4 is 6.29 Å². The van der Waals surface area contributed by atoms with Gasteiger partial charge in [0.25, 0.3) is 6.43 Å². The number of carbonyl (C=O) groups excluding carboxylic acids is 1. The standard InChI is InChI=1S/C9H5F2NO/c10-9(11)8-3-6(4-12)1-2-7(8)5-13/h1-3,5,9H. The molecule has 13 heavy (non-hydrogen) atoms.